The fraction of sp³-hybridized carbons (Fsp3) is 0.636. The molecule has 0 aliphatic rings. The van der Waals surface area contributed by atoms with Crippen LogP contribution in [0.15, 0.2) is 10.9 Å². The topological polar surface area (TPSA) is 71.8 Å². The van der Waals surface area contributed by atoms with Crippen molar-refractivity contribution in [3.8, 4) is 0 Å². The van der Waals surface area contributed by atoms with Crippen LogP contribution in [0.4, 0.5) is 0 Å². The molecule has 0 radical (unpaired) electrons. The van der Waals surface area contributed by atoms with Gasteiger partial charge in [-0.3, -0.25) is 4.79 Å². The van der Waals surface area contributed by atoms with Gasteiger partial charge in [0, 0.05) is 11.8 Å². The van der Waals surface area contributed by atoms with Crippen molar-refractivity contribution in [2.45, 2.75) is 45.6 Å². The molecule has 4 heteroatoms. The Morgan fingerprint density at radius 3 is 2.73 bits per heavy atom. The van der Waals surface area contributed by atoms with Crippen molar-refractivity contribution in [1.29, 1.82) is 0 Å². The Hall–Kier alpha value is -1.16. The van der Waals surface area contributed by atoms with Crippen molar-refractivity contribution in [2.24, 2.45) is 5.73 Å². The van der Waals surface area contributed by atoms with E-state index in [-0.39, 0.29) is 5.56 Å². The molecule has 0 spiro atoms. The number of nitrogens with two attached hydrogens (primary N) is 1. The zero-order valence-corrected chi connectivity index (χ0v) is 9.63. The molecule has 0 saturated heterocycles. The van der Waals surface area contributed by atoms with Crippen LogP contribution >= 0.6 is 0 Å². The van der Waals surface area contributed by atoms with Gasteiger partial charge in [-0.15, -0.1) is 0 Å². The standard InChI is InChI=1S/C11H19N3O/c1-4-6-8-7-9(15)14-10(13-8)11(3,12)5-2/h7H,4-6,12H2,1-3H3,(H,13,14,15)/t11-/m1/s1. The molecule has 84 valence electrons. The summed E-state index contributed by atoms with van der Waals surface area (Å²) in [5, 5.41) is 0. The summed E-state index contributed by atoms with van der Waals surface area (Å²) < 4.78 is 0. The third kappa shape index (κ3) is 2.89. The molecule has 0 aromatic carbocycles. The summed E-state index contributed by atoms with van der Waals surface area (Å²) in [4.78, 5) is 18.5. The van der Waals surface area contributed by atoms with Crippen LogP contribution < -0.4 is 11.3 Å². The second kappa shape index (κ2) is 4.57. The first kappa shape index (κ1) is 11.9. The second-order valence-corrected chi connectivity index (χ2v) is 4.11. The lowest BCUT2D eigenvalue weighted by Gasteiger charge is -2.21. The van der Waals surface area contributed by atoms with Gasteiger partial charge in [0.2, 0.25) is 0 Å². The molecular formula is C11H19N3O. The van der Waals surface area contributed by atoms with Crippen LogP contribution in [0.5, 0.6) is 0 Å². The van der Waals surface area contributed by atoms with E-state index in [1.165, 1.54) is 0 Å². The Bertz CT molecular complexity index is 382. The summed E-state index contributed by atoms with van der Waals surface area (Å²) >= 11 is 0. The lowest BCUT2D eigenvalue weighted by Crippen LogP contribution is -2.36. The molecule has 3 N–H and O–H groups in total. The highest BCUT2D eigenvalue weighted by atomic mass is 16.1. The molecular weight excluding hydrogens is 190 g/mol. The minimum atomic E-state index is -0.553. The second-order valence-electron chi connectivity index (χ2n) is 4.11. The molecule has 4 nitrogen and oxygen atoms in total. The maximum absolute atomic E-state index is 11.4. The van der Waals surface area contributed by atoms with E-state index >= 15 is 0 Å². The number of hydrogen-bond acceptors (Lipinski definition) is 3. The van der Waals surface area contributed by atoms with Gasteiger partial charge in [-0.2, -0.15) is 0 Å². The number of H-pyrrole nitrogens is 1. The number of rotatable bonds is 4. The number of aromatic amines is 1. The largest absolute Gasteiger partial charge is 0.319 e. The normalized spacial score (nSPS) is 14.9. The highest BCUT2D eigenvalue weighted by molar-refractivity contribution is 5.09. The molecule has 0 amide bonds. The molecule has 1 atom stereocenters. The first-order valence-electron chi connectivity index (χ1n) is 5.39. The number of aromatic nitrogens is 2. The highest BCUT2D eigenvalue weighted by Crippen LogP contribution is 2.16. The van der Waals surface area contributed by atoms with Crippen LogP contribution in [0, 0.1) is 0 Å². The maximum Gasteiger partial charge on any atom is 0.251 e. The number of nitrogens with zero attached hydrogens (tertiary/aromatic N) is 1. The summed E-state index contributed by atoms with van der Waals surface area (Å²) in [6, 6.07) is 1.54. The van der Waals surface area contributed by atoms with Crippen LogP contribution in [0.3, 0.4) is 0 Å². The Balaban J connectivity index is 3.14. The summed E-state index contributed by atoms with van der Waals surface area (Å²) in [6.45, 7) is 5.91. The smallest absolute Gasteiger partial charge is 0.251 e. The van der Waals surface area contributed by atoms with E-state index in [2.05, 4.69) is 16.9 Å². The quantitative estimate of drug-likeness (QED) is 0.785. The van der Waals surface area contributed by atoms with Crippen LogP contribution in [0.25, 0.3) is 0 Å². The molecule has 0 unspecified atom stereocenters. The SMILES string of the molecule is CCCc1cc(=O)[nH]c([C@](C)(N)CC)n1. The number of hydrogen-bond donors (Lipinski definition) is 2. The summed E-state index contributed by atoms with van der Waals surface area (Å²) in [7, 11) is 0. The number of nitrogens with one attached hydrogen (secondary N) is 1. The van der Waals surface area contributed by atoms with Crippen molar-refractivity contribution in [3.05, 3.63) is 27.9 Å². The Labute approximate surface area is 89.9 Å². The van der Waals surface area contributed by atoms with Crippen LogP contribution in [0.2, 0.25) is 0 Å². The van der Waals surface area contributed by atoms with Gasteiger partial charge in [0.15, 0.2) is 0 Å². The summed E-state index contributed by atoms with van der Waals surface area (Å²) in [6.07, 6.45) is 2.53. The fourth-order valence-corrected chi connectivity index (χ4v) is 1.33. The molecule has 0 bridgehead atoms. The Kier molecular flexibility index (Phi) is 3.63. The minimum absolute atomic E-state index is 0.117. The lowest BCUT2D eigenvalue weighted by atomic mass is 9.99. The van der Waals surface area contributed by atoms with Gasteiger partial charge in [-0.05, 0) is 19.8 Å². The Morgan fingerprint density at radius 1 is 1.53 bits per heavy atom. The monoisotopic (exact) mass is 209 g/mol. The van der Waals surface area contributed by atoms with Crippen LogP contribution in [0.1, 0.15) is 45.1 Å². The zero-order chi connectivity index (χ0) is 11.5. The third-order valence-electron chi connectivity index (χ3n) is 2.58. The maximum atomic E-state index is 11.4. The van der Waals surface area contributed by atoms with E-state index in [1.54, 1.807) is 6.07 Å². The van der Waals surface area contributed by atoms with E-state index in [0.717, 1.165) is 25.0 Å². The molecule has 1 aromatic heterocycles. The first-order chi connectivity index (χ1) is 6.99. The predicted octanol–water partition coefficient (Wildman–Crippen LogP) is 1.31. The molecule has 0 fully saturated rings. The van der Waals surface area contributed by atoms with Crippen molar-refractivity contribution in [3.63, 3.8) is 0 Å². The summed E-state index contributed by atoms with van der Waals surface area (Å²) in [5.41, 5.74) is 6.19. The van der Waals surface area contributed by atoms with Gasteiger partial charge >= 0.3 is 0 Å². The fourth-order valence-electron chi connectivity index (χ4n) is 1.33. The first-order valence-corrected chi connectivity index (χ1v) is 5.39. The molecule has 0 aliphatic carbocycles. The minimum Gasteiger partial charge on any atom is -0.319 e. The van der Waals surface area contributed by atoms with E-state index in [0.29, 0.717) is 5.82 Å². The van der Waals surface area contributed by atoms with Gasteiger partial charge in [-0.25, -0.2) is 4.98 Å². The molecule has 1 aromatic rings. The molecule has 1 rings (SSSR count). The predicted molar refractivity (Wildman–Crippen MR) is 60.7 cm³/mol. The van der Waals surface area contributed by atoms with E-state index in [4.69, 9.17) is 5.73 Å². The van der Waals surface area contributed by atoms with Gasteiger partial charge in [0.1, 0.15) is 5.82 Å². The highest BCUT2D eigenvalue weighted by Gasteiger charge is 2.21. The van der Waals surface area contributed by atoms with Gasteiger partial charge < -0.3 is 10.7 Å². The Morgan fingerprint density at radius 2 is 2.20 bits per heavy atom. The van der Waals surface area contributed by atoms with Gasteiger partial charge in [0.05, 0.1) is 5.54 Å². The lowest BCUT2D eigenvalue weighted by molar-refractivity contribution is 0.441. The van der Waals surface area contributed by atoms with E-state index in [9.17, 15) is 4.79 Å². The van der Waals surface area contributed by atoms with E-state index in [1.807, 2.05) is 13.8 Å². The van der Waals surface area contributed by atoms with Crippen molar-refractivity contribution in [1.82, 2.24) is 9.97 Å². The molecule has 15 heavy (non-hydrogen) atoms. The average molecular weight is 209 g/mol. The zero-order valence-electron chi connectivity index (χ0n) is 9.63. The third-order valence-corrected chi connectivity index (χ3v) is 2.58. The van der Waals surface area contributed by atoms with Gasteiger partial charge in [0.25, 0.3) is 5.56 Å². The molecule has 1 heterocycles. The van der Waals surface area contributed by atoms with E-state index < -0.39 is 5.54 Å². The van der Waals surface area contributed by atoms with Crippen molar-refractivity contribution >= 4 is 0 Å². The summed E-state index contributed by atoms with van der Waals surface area (Å²) in [5.74, 6) is 0.584. The molecule has 0 aliphatic heterocycles. The van der Waals surface area contributed by atoms with Crippen molar-refractivity contribution < 1.29 is 0 Å². The van der Waals surface area contributed by atoms with Crippen LogP contribution in [-0.2, 0) is 12.0 Å². The van der Waals surface area contributed by atoms with Crippen LogP contribution in [-0.4, -0.2) is 9.97 Å². The number of aryl methyl sites for hydroxylation is 1. The van der Waals surface area contributed by atoms with Gasteiger partial charge in [-0.1, -0.05) is 20.3 Å². The van der Waals surface area contributed by atoms with Crippen molar-refractivity contribution in [2.75, 3.05) is 0 Å². The average Bonchev–Trinajstić information content (AvgIpc) is 2.17. The molecule has 0 saturated carbocycles.